The quantitative estimate of drug-likeness (QED) is 0.293. The van der Waals surface area contributed by atoms with E-state index in [0.29, 0.717) is 0 Å². The van der Waals surface area contributed by atoms with E-state index in [0.717, 1.165) is 0 Å². The molecule has 0 unspecified atom stereocenters. The van der Waals surface area contributed by atoms with E-state index in [4.69, 9.17) is 19.2 Å². The van der Waals surface area contributed by atoms with E-state index < -0.39 is 9.05 Å². The Bertz CT molecular complexity index is 36.0. The summed E-state index contributed by atoms with van der Waals surface area (Å²) in [6.07, 6.45) is 0. The Morgan fingerprint density at radius 2 is 0.889 bits per heavy atom. The predicted molar refractivity (Wildman–Crippen MR) is 41.7 cm³/mol. The SMILES string of the molecule is O[Si](O)(O)O.[GaH3].[La].[MgH2].[SrH2]. The van der Waals surface area contributed by atoms with Crippen molar-refractivity contribution in [1.29, 1.82) is 0 Å². The van der Waals surface area contributed by atoms with Crippen LogP contribution in [0, 0.1) is 35.6 Å². The number of hydrogen-bond donors (Lipinski definition) is 4. The van der Waals surface area contributed by atoms with Gasteiger partial charge < -0.3 is 19.2 Å². The molecule has 0 aromatic rings. The van der Waals surface area contributed by atoms with Crippen LogP contribution in [0.2, 0.25) is 0 Å². The van der Waals surface area contributed by atoms with Gasteiger partial charge in [-0.05, 0) is 0 Å². The molecule has 0 bridgehead atoms. The fourth-order valence-electron chi connectivity index (χ4n) is 0. The van der Waals surface area contributed by atoms with Crippen molar-refractivity contribution >= 4 is 97.4 Å². The molecule has 0 rings (SSSR count). The first-order chi connectivity index (χ1) is 2.00. The van der Waals surface area contributed by atoms with Crippen molar-refractivity contribution in [3.63, 3.8) is 0 Å². The van der Waals surface area contributed by atoms with Crippen molar-refractivity contribution in [3.8, 4) is 0 Å². The monoisotopic (exact) mass is 423 g/mol. The summed E-state index contributed by atoms with van der Waals surface area (Å²) in [6.45, 7) is 0. The predicted octanol–water partition coefficient (Wildman–Crippen LogP) is -5.63. The molecule has 9 heavy (non-hydrogen) atoms. The van der Waals surface area contributed by atoms with Crippen LogP contribution < -0.4 is 0 Å². The summed E-state index contributed by atoms with van der Waals surface area (Å²) in [5, 5.41) is 0. The third kappa shape index (κ3) is 72.9. The second-order valence-electron chi connectivity index (χ2n) is 0.600. The molecule has 0 heterocycles. The molecule has 0 amide bonds. The van der Waals surface area contributed by atoms with Crippen molar-refractivity contribution in [2.24, 2.45) is 0 Å². The van der Waals surface area contributed by atoms with Crippen LogP contribution in [0.3, 0.4) is 0 Å². The molecule has 4 N–H and O–H groups in total. The van der Waals surface area contributed by atoms with Gasteiger partial charge in [0.2, 0.25) is 0 Å². The molecule has 0 aromatic carbocycles. The first-order valence-corrected chi connectivity index (χ1v) is 2.68. The maximum atomic E-state index is 7.33. The third-order valence-corrected chi connectivity index (χ3v) is 0. The fourth-order valence-corrected chi connectivity index (χ4v) is 0. The zero-order chi connectivity index (χ0) is 4.50. The Kier molecular flexibility index (Phi) is 47.6. The third-order valence-electron chi connectivity index (χ3n) is 0. The fraction of sp³-hybridized carbons (Fsp3) is 0. The molecule has 0 aromatic heterocycles. The summed E-state index contributed by atoms with van der Waals surface area (Å²) < 4.78 is 0. The molecule has 0 aliphatic heterocycles. The van der Waals surface area contributed by atoms with Gasteiger partial charge in [-0.3, -0.25) is 0 Å². The van der Waals surface area contributed by atoms with Crippen LogP contribution in [0.5, 0.6) is 0 Å². The molecule has 0 aliphatic carbocycles. The van der Waals surface area contributed by atoms with Crippen LogP contribution in [-0.4, -0.2) is 117 Å². The number of hydrogen-bond acceptors (Lipinski definition) is 4. The summed E-state index contributed by atoms with van der Waals surface area (Å²) in [6, 6.07) is 0. The summed E-state index contributed by atoms with van der Waals surface area (Å²) in [5.41, 5.74) is 0. The molecule has 9 heteroatoms. The van der Waals surface area contributed by atoms with E-state index in [9.17, 15) is 0 Å². The minimum atomic E-state index is -4.61. The van der Waals surface area contributed by atoms with Crippen LogP contribution in [0.4, 0.5) is 0 Å². The van der Waals surface area contributed by atoms with Crippen LogP contribution >= 0.6 is 0 Å². The molecule has 0 fully saturated rings. The summed E-state index contributed by atoms with van der Waals surface area (Å²) in [5.74, 6) is 0. The maximum absolute atomic E-state index is 7.33. The van der Waals surface area contributed by atoms with Gasteiger partial charge in [-0.2, -0.15) is 0 Å². The van der Waals surface area contributed by atoms with E-state index in [1.165, 1.54) is 0 Å². The van der Waals surface area contributed by atoms with Gasteiger partial charge in [0.05, 0.1) is 0 Å². The summed E-state index contributed by atoms with van der Waals surface area (Å²) >= 11 is 0. The Balaban J connectivity index is -0.0000000133. The second-order valence-corrected chi connectivity index (χ2v) is 1.80. The van der Waals surface area contributed by atoms with Crippen molar-refractivity contribution in [3.05, 3.63) is 0 Å². The molecule has 1 radical (unpaired) electrons. The summed E-state index contributed by atoms with van der Waals surface area (Å²) in [7, 11) is -4.61. The zero-order valence-electron chi connectivity index (χ0n) is 2.87. The average molecular weight is 424 g/mol. The van der Waals surface area contributed by atoms with Gasteiger partial charge in [0, 0.05) is 35.6 Å². The van der Waals surface area contributed by atoms with Gasteiger partial charge in [-0.15, -0.1) is 0 Å². The minimum absolute atomic E-state index is 0. The molecule has 0 spiro atoms. The molecule has 0 atom stereocenters. The van der Waals surface area contributed by atoms with Crippen LogP contribution in [0.25, 0.3) is 0 Å². The number of rotatable bonds is 0. The zero-order valence-corrected chi connectivity index (χ0v) is 7.49. The van der Waals surface area contributed by atoms with Crippen LogP contribution in [-0.2, 0) is 0 Å². The van der Waals surface area contributed by atoms with E-state index in [-0.39, 0.29) is 124 Å². The van der Waals surface area contributed by atoms with Crippen LogP contribution in [0.1, 0.15) is 0 Å². The second kappa shape index (κ2) is 14.6. The van der Waals surface area contributed by atoms with Gasteiger partial charge >= 0.3 is 97.4 Å². The van der Waals surface area contributed by atoms with E-state index in [1.807, 2.05) is 0 Å². The Morgan fingerprint density at radius 1 is 0.889 bits per heavy atom. The Hall–Kier alpha value is 4.13. The first kappa shape index (κ1) is 29.2. The van der Waals surface area contributed by atoms with Gasteiger partial charge in [0.25, 0.3) is 0 Å². The van der Waals surface area contributed by atoms with Crippen molar-refractivity contribution in [2.75, 3.05) is 0 Å². The standard InChI is InChI=1S/Ga.La.Mg.H4O4Si.Sr.7H/c;;;1-5(2,3)4;;;;;;;;/h;;;1-4H;;;;;;;;. The van der Waals surface area contributed by atoms with E-state index in [1.54, 1.807) is 0 Å². The average Bonchev–Trinajstić information content (AvgIpc) is 0.722. The normalized spacial score (nSPS) is 6.67. The summed E-state index contributed by atoms with van der Waals surface area (Å²) in [4.78, 5) is 29.3. The van der Waals surface area contributed by atoms with Crippen LogP contribution in [0.15, 0.2) is 0 Å². The van der Waals surface area contributed by atoms with Gasteiger partial charge in [-0.25, -0.2) is 0 Å². The van der Waals surface area contributed by atoms with Crippen molar-refractivity contribution < 1.29 is 54.8 Å². The Morgan fingerprint density at radius 3 is 0.889 bits per heavy atom. The molecule has 0 saturated heterocycles. The van der Waals surface area contributed by atoms with Gasteiger partial charge in [0.15, 0.2) is 0 Å². The van der Waals surface area contributed by atoms with Crippen molar-refractivity contribution in [2.45, 2.75) is 0 Å². The molecule has 0 aliphatic rings. The van der Waals surface area contributed by atoms with E-state index >= 15 is 0 Å². The molecular formula is H11GaLaMgO4SiSr. The Labute approximate surface area is 148 Å². The first-order valence-electron chi connectivity index (χ1n) is 0.894. The molecular weight excluding hydrogens is 413 g/mol. The van der Waals surface area contributed by atoms with E-state index in [2.05, 4.69) is 0 Å². The van der Waals surface area contributed by atoms with Gasteiger partial charge in [-0.1, -0.05) is 0 Å². The van der Waals surface area contributed by atoms with Crippen molar-refractivity contribution in [1.82, 2.24) is 0 Å². The molecule has 0 saturated carbocycles. The van der Waals surface area contributed by atoms with Gasteiger partial charge in [0.1, 0.15) is 0 Å². The molecule has 4 nitrogen and oxygen atoms in total. The topological polar surface area (TPSA) is 80.9 Å². The molecule has 49 valence electrons.